The van der Waals surface area contributed by atoms with Crippen molar-refractivity contribution in [2.24, 2.45) is 11.7 Å². The quantitative estimate of drug-likeness (QED) is 0.531. The molecule has 72 valence electrons. The van der Waals surface area contributed by atoms with Crippen LogP contribution in [0.2, 0.25) is 0 Å². The molecule has 0 saturated carbocycles. The summed E-state index contributed by atoms with van der Waals surface area (Å²) in [4.78, 5) is 10.1. The smallest absolute Gasteiger partial charge is 0.317 e. The Kier molecular flexibility index (Phi) is 5.66. The number of carboxylic acid groups (broad SMARTS) is 1. The Morgan fingerprint density at radius 2 is 2.17 bits per heavy atom. The summed E-state index contributed by atoms with van der Waals surface area (Å²) in [5, 5.41) is 11.1. The maximum atomic E-state index is 10.1. The second-order valence-electron chi connectivity index (χ2n) is 3.41. The van der Waals surface area contributed by atoms with E-state index in [9.17, 15) is 4.79 Å². The van der Waals surface area contributed by atoms with Gasteiger partial charge in [-0.15, -0.1) is 0 Å². The Hall–Kier alpha value is -0.610. The van der Waals surface area contributed by atoms with Gasteiger partial charge in [0.1, 0.15) is 0 Å². The normalized spacial score (nSPS) is 13.3. The van der Waals surface area contributed by atoms with Crippen molar-refractivity contribution in [3.05, 3.63) is 0 Å². The predicted molar refractivity (Wildman–Crippen MR) is 47.9 cm³/mol. The van der Waals surface area contributed by atoms with Crippen LogP contribution in [0.1, 0.15) is 20.3 Å². The van der Waals surface area contributed by atoms with Crippen LogP contribution in [0.3, 0.4) is 0 Å². The van der Waals surface area contributed by atoms with Gasteiger partial charge in [0.15, 0.2) is 0 Å². The minimum atomic E-state index is -0.841. The van der Waals surface area contributed by atoms with Crippen LogP contribution < -0.4 is 11.1 Å². The van der Waals surface area contributed by atoms with Gasteiger partial charge in [0.05, 0.1) is 6.54 Å². The Balaban J connectivity index is 3.31. The van der Waals surface area contributed by atoms with E-state index in [1.54, 1.807) is 0 Å². The molecule has 0 spiro atoms. The zero-order chi connectivity index (χ0) is 9.56. The Bertz CT molecular complexity index is 137. The van der Waals surface area contributed by atoms with Gasteiger partial charge in [-0.3, -0.25) is 4.79 Å². The molecule has 0 bridgehead atoms. The highest BCUT2D eigenvalue weighted by Crippen LogP contribution is 2.00. The van der Waals surface area contributed by atoms with Crippen molar-refractivity contribution >= 4 is 5.97 Å². The standard InChI is InChI=1S/C8H18N2O2/c1-6(2)3-7(9)4-10-5-8(11)12/h6-7,10H,3-5,9H2,1-2H3,(H,11,12). The van der Waals surface area contributed by atoms with Gasteiger partial charge in [-0.1, -0.05) is 13.8 Å². The lowest BCUT2D eigenvalue weighted by molar-refractivity contribution is -0.135. The molecule has 4 N–H and O–H groups in total. The monoisotopic (exact) mass is 174 g/mol. The number of nitrogens with two attached hydrogens (primary N) is 1. The molecule has 0 aliphatic rings. The molecule has 0 aliphatic heterocycles. The zero-order valence-electron chi connectivity index (χ0n) is 7.71. The Labute approximate surface area is 73.1 Å². The minimum Gasteiger partial charge on any atom is -0.480 e. The lowest BCUT2D eigenvalue weighted by Crippen LogP contribution is -2.37. The molecule has 0 fully saturated rings. The minimum absolute atomic E-state index is 0.00814. The molecular weight excluding hydrogens is 156 g/mol. The van der Waals surface area contributed by atoms with E-state index in [2.05, 4.69) is 19.2 Å². The van der Waals surface area contributed by atoms with Gasteiger partial charge in [0.2, 0.25) is 0 Å². The third-order valence-corrected chi connectivity index (χ3v) is 1.46. The van der Waals surface area contributed by atoms with Crippen molar-refractivity contribution < 1.29 is 9.90 Å². The summed E-state index contributed by atoms with van der Waals surface area (Å²) >= 11 is 0. The molecule has 12 heavy (non-hydrogen) atoms. The summed E-state index contributed by atoms with van der Waals surface area (Å²) in [7, 11) is 0. The average molecular weight is 174 g/mol. The van der Waals surface area contributed by atoms with Crippen LogP contribution in [0.15, 0.2) is 0 Å². The average Bonchev–Trinajstić information content (AvgIpc) is 1.84. The molecule has 0 heterocycles. The van der Waals surface area contributed by atoms with Gasteiger partial charge >= 0.3 is 5.97 Å². The van der Waals surface area contributed by atoms with Gasteiger partial charge in [0, 0.05) is 12.6 Å². The van der Waals surface area contributed by atoms with Crippen molar-refractivity contribution in [3.8, 4) is 0 Å². The van der Waals surface area contributed by atoms with E-state index in [0.717, 1.165) is 6.42 Å². The zero-order valence-corrected chi connectivity index (χ0v) is 7.71. The van der Waals surface area contributed by atoms with Crippen LogP contribution in [0.4, 0.5) is 0 Å². The van der Waals surface area contributed by atoms with E-state index >= 15 is 0 Å². The highest BCUT2D eigenvalue weighted by molar-refractivity contribution is 5.68. The summed E-state index contributed by atoms with van der Waals surface area (Å²) in [6.07, 6.45) is 0.923. The number of carboxylic acids is 1. The summed E-state index contributed by atoms with van der Waals surface area (Å²) in [5.41, 5.74) is 5.71. The summed E-state index contributed by atoms with van der Waals surface area (Å²) in [5.74, 6) is -0.279. The van der Waals surface area contributed by atoms with Crippen LogP contribution >= 0.6 is 0 Å². The molecule has 0 aliphatic carbocycles. The number of hydrogen-bond acceptors (Lipinski definition) is 3. The maximum Gasteiger partial charge on any atom is 0.317 e. The van der Waals surface area contributed by atoms with Gasteiger partial charge < -0.3 is 16.2 Å². The fraction of sp³-hybridized carbons (Fsp3) is 0.875. The molecule has 0 aromatic carbocycles. The third-order valence-electron chi connectivity index (χ3n) is 1.46. The highest BCUT2D eigenvalue weighted by atomic mass is 16.4. The first-order valence-electron chi connectivity index (χ1n) is 4.20. The molecule has 0 rings (SSSR count). The van der Waals surface area contributed by atoms with E-state index in [0.29, 0.717) is 12.5 Å². The van der Waals surface area contributed by atoms with Crippen LogP contribution in [-0.2, 0) is 4.79 Å². The van der Waals surface area contributed by atoms with E-state index in [1.165, 1.54) is 0 Å². The predicted octanol–water partition coefficient (Wildman–Crippen LogP) is 0.0340. The first kappa shape index (κ1) is 11.4. The van der Waals surface area contributed by atoms with Crippen molar-refractivity contribution in [2.75, 3.05) is 13.1 Å². The summed E-state index contributed by atoms with van der Waals surface area (Å²) < 4.78 is 0. The molecular formula is C8H18N2O2. The SMILES string of the molecule is CC(C)CC(N)CNCC(=O)O. The molecule has 1 atom stereocenters. The topological polar surface area (TPSA) is 75.3 Å². The molecule has 4 nitrogen and oxygen atoms in total. The third kappa shape index (κ3) is 7.50. The van der Waals surface area contributed by atoms with Gasteiger partial charge in [-0.05, 0) is 12.3 Å². The largest absolute Gasteiger partial charge is 0.480 e. The molecule has 1 unspecified atom stereocenters. The van der Waals surface area contributed by atoms with Crippen molar-refractivity contribution in [1.82, 2.24) is 5.32 Å². The second kappa shape index (κ2) is 5.97. The van der Waals surface area contributed by atoms with Crippen molar-refractivity contribution in [3.63, 3.8) is 0 Å². The van der Waals surface area contributed by atoms with Crippen LogP contribution in [0, 0.1) is 5.92 Å². The number of nitrogens with one attached hydrogen (secondary N) is 1. The van der Waals surface area contributed by atoms with Crippen LogP contribution in [0.5, 0.6) is 0 Å². The lowest BCUT2D eigenvalue weighted by Gasteiger charge is -2.13. The van der Waals surface area contributed by atoms with Crippen molar-refractivity contribution in [1.29, 1.82) is 0 Å². The highest BCUT2D eigenvalue weighted by Gasteiger charge is 2.05. The van der Waals surface area contributed by atoms with Crippen LogP contribution in [0.25, 0.3) is 0 Å². The van der Waals surface area contributed by atoms with E-state index < -0.39 is 5.97 Å². The lowest BCUT2D eigenvalue weighted by atomic mass is 10.0. The molecule has 0 radical (unpaired) electrons. The fourth-order valence-electron chi connectivity index (χ4n) is 1.05. The van der Waals surface area contributed by atoms with E-state index in [4.69, 9.17) is 10.8 Å². The van der Waals surface area contributed by atoms with E-state index in [-0.39, 0.29) is 12.6 Å². The number of rotatable bonds is 6. The molecule has 4 heteroatoms. The molecule has 0 saturated heterocycles. The number of aliphatic carboxylic acids is 1. The summed E-state index contributed by atoms with van der Waals surface area (Å²) in [6.45, 7) is 4.75. The molecule has 0 aromatic heterocycles. The second-order valence-corrected chi connectivity index (χ2v) is 3.41. The van der Waals surface area contributed by atoms with Crippen LogP contribution in [-0.4, -0.2) is 30.2 Å². The van der Waals surface area contributed by atoms with Gasteiger partial charge in [-0.25, -0.2) is 0 Å². The Morgan fingerprint density at radius 1 is 1.58 bits per heavy atom. The molecule has 0 amide bonds. The Morgan fingerprint density at radius 3 is 2.58 bits per heavy atom. The summed E-state index contributed by atoms with van der Waals surface area (Å²) in [6, 6.07) is 0.0596. The van der Waals surface area contributed by atoms with Gasteiger partial charge in [0.25, 0.3) is 0 Å². The first-order chi connectivity index (χ1) is 5.52. The fourth-order valence-corrected chi connectivity index (χ4v) is 1.05. The molecule has 0 aromatic rings. The number of hydrogen-bond donors (Lipinski definition) is 3. The van der Waals surface area contributed by atoms with Crippen molar-refractivity contribution in [2.45, 2.75) is 26.3 Å². The maximum absolute atomic E-state index is 10.1. The van der Waals surface area contributed by atoms with Gasteiger partial charge in [-0.2, -0.15) is 0 Å². The number of carbonyl (C=O) groups is 1. The first-order valence-corrected chi connectivity index (χ1v) is 4.20. The van der Waals surface area contributed by atoms with E-state index in [1.807, 2.05) is 0 Å².